The van der Waals surface area contributed by atoms with Crippen molar-refractivity contribution < 1.29 is 28.5 Å². The third kappa shape index (κ3) is 6.11. The van der Waals surface area contributed by atoms with Gasteiger partial charge in [-0.15, -0.1) is 0 Å². The minimum Gasteiger partial charge on any atom is -0.469 e. The number of hydrogen-bond acceptors (Lipinski definition) is 6. The second-order valence-electron chi connectivity index (χ2n) is 22.1. The fourth-order valence-corrected chi connectivity index (χ4v) is 16.9. The summed E-state index contributed by atoms with van der Waals surface area (Å²) in [5.41, 5.74) is 3.00. The van der Waals surface area contributed by atoms with Crippen LogP contribution >= 0.6 is 0 Å². The fraction of sp³-hybridized carbons (Fsp3) is 0.878. The summed E-state index contributed by atoms with van der Waals surface area (Å²) >= 11 is 0. The Morgan fingerprint density at radius 1 is 0.618 bits per heavy atom. The van der Waals surface area contributed by atoms with Gasteiger partial charge in [0.2, 0.25) is 0 Å². The topological polar surface area (TPSA) is 71.1 Å². The second-order valence-corrected chi connectivity index (χ2v) is 22.1. The van der Waals surface area contributed by atoms with Crippen LogP contribution in [0.5, 0.6) is 0 Å². The van der Waals surface area contributed by atoms with Crippen molar-refractivity contribution in [2.24, 2.45) is 56.2 Å². The molecule has 310 valence electrons. The van der Waals surface area contributed by atoms with Crippen LogP contribution in [0.25, 0.3) is 0 Å². The Kier molecular flexibility index (Phi) is 10.5. The lowest BCUT2D eigenvalue weighted by molar-refractivity contribution is -0.195. The summed E-state index contributed by atoms with van der Waals surface area (Å²) in [5, 5.41) is 0. The summed E-state index contributed by atoms with van der Waals surface area (Å²) in [7, 11) is 1.56. The molecular weight excluding hydrogens is 685 g/mol. The van der Waals surface area contributed by atoms with Gasteiger partial charge >= 0.3 is 11.9 Å². The maximum absolute atomic E-state index is 13.0. The lowest BCUT2D eigenvalue weighted by Crippen LogP contribution is -2.59. The van der Waals surface area contributed by atoms with Gasteiger partial charge in [-0.3, -0.25) is 9.59 Å². The summed E-state index contributed by atoms with van der Waals surface area (Å²) in [5.74, 6) is 2.29. The van der Waals surface area contributed by atoms with Crippen LogP contribution in [0.3, 0.4) is 0 Å². The third-order valence-electron chi connectivity index (χ3n) is 18.6. The maximum atomic E-state index is 13.0. The van der Waals surface area contributed by atoms with Gasteiger partial charge in [0, 0.05) is 0 Å². The monoisotopic (exact) mass is 763 g/mol. The average molecular weight is 763 g/mol. The molecule has 8 aliphatic carbocycles. The van der Waals surface area contributed by atoms with Gasteiger partial charge < -0.3 is 18.9 Å². The van der Waals surface area contributed by atoms with Crippen LogP contribution in [0.15, 0.2) is 24.3 Å². The summed E-state index contributed by atoms with van der Waals surface area (Å²) in [4.78, 5) is 25.8. The Morgan fingerprint density at radius 2 is 1.02 bits per heavy atom. The van der Waals surface area contributed by atoms with Crippen molar-refractivity contribution in [1.82, 2.24) is 0 Å². The highest BCUT2D eigenvalue weighted by Crippen LogP contribution is 2.75. The average Bonchev–Trinajstić information content (AvgIpc) is 3.42. The summed E-state index contributed by atoms with van der Waals surface area (Å²) < 4.78 is 23.9. The normalized spacial score (nSPS) is 48.2. The van der Waals surface area contributed by atoms with E-state index >= 15 is 0 Å². The first-order valence-electron chi connectivity index (χ1n) is 22.7. The fourth-order valence-electron chi connectivity index (χ4n) is 16.9. The van der Waals surface area contributed by atoms with Crippen LogP contribution in [-0.4, -0.2) is 49.1 Å². The molecule has 6 heteroatoms. The van der Waals surface area contributed by atoms with E-state index in [9.17, 15) is 9.59 Å². The van der Waals surface area contributed by atoms with Crippen LogP contribution in [0.4, 0.5) is 0 Å². The van der Waals surface area contributed by atoms with Crippen molar-refractivity contribution >= 4 is 11.9 Å². The third-order valence-corrected chi connectivity index (χ3v) is 18.6. The highest BCUT2D eigenvalue weighted by atomic mass is 16.5. The van der Waals surface area contributed by atoms with Crippen LogP contribution in [0.1, 0.15) is 178 Å². The van der Waals surface area contributed by atoms with E-state index in [4.69, 9.17) is 18.9 Å². The predicted molar refractivity (Wildman–Crippen MR) is 219 cm³/mol. The van der Waals surface area contributed by atoms with Crippen molar-refractivity contribution in [3.8, 4) is 0 Å². The van der Waals surface area contributed by atoms with Crippen molar-refractivity contribution in [3.63, 3.8) is 0 Å². The van der Waals surface area contributed by atoms with Crippen molar-refractivity contribution in [1.29, 1.82) is 0 Å². The van der Waals surface area contributed by atoms with Gasteiger partial charge in [-0.25, -0.2) is 0 Å². The highest BCUT2D eigenvalue weighted by molar-refractivity contribution is 5.77. The van der Waals surface area contributed by atoms with Gasteiger partial charge in [0.05, 0.1) is 48.0 Å². The van der Waals surface area contributed by atoms with E-state index in [-0.39, 0.29) is 57.0 Å². The van der Waals surface area contributed by atoms with E-state index < -0.39 is 0 Å². The van der Waals surface area contributed by atoms with Gasteiger partial charge in [0.1, 0.15) is 0 Å². The lowest BCUT2D eigenvalue weighted by Gasteiger charge is -2.64. The molecule has 55 heavy (non-hydrogen) atoms. The zero-order chi connectivity index (χ0) is 40.0. The molecule has 0 aliphatic heterocycles. The number of fused-ring (bicyclic) bond motifs is 6. The standard InChI is InChI=1S/C25H40O3.C24H38O3/c1-7-27-21(26)23(6)12-8-11-22(5)19(23)9-13-24-15-18(4)25(16-24,28-17(2)3)14-10-20(22)24;1-16(2)27-24-13-9-19-21(4)10-7-11-22(5,20(25)26-6)18(21)8-12-23(19,15-24)14-17(24)3/h17,19-20H,4,7-16H2,1-3,5-6H3;16,18-19H,3,7-15H2,1-2,4-6H3/t19?,20?,22-,23-,24-,25+;18?,19?,21-,22-,23-,24+/m11/s1. The van der Waals surface area contributed by atoms with Crippen LogP contribution in [0, 0.1) is 56.2 Å². The first-order chi connectivity index (χ1) is 25.7. The number of hydrogen-bond donors (Lipinski definition) is 0. The molecule has 0 N–H and O–H groups in total. The summed E-state index contributed by atoms with van der Waals surface area (Å²) in [6.45, 7) is 29.5. The van der Waals surface area contributed by atoms with Crippen molar-refractivity contribution in [2.75, 3.05) is 13.7 Å². The van der Waals surface area contributed by atoms with E-state index in [0.717, 1.165) is 77.0 Å². The minimum absolute atomic E-state index is 0.0125. The molecule has 8 fully saturated rings. The summed E-state index contributed by atoms with van der Waals surface area (Å²) in [6, 6.07) is 0. The molecule has 2 spiro atoms. The summed E-state index contributed by atoms with van der Waals surface area (Å²) in [6.07, 6.45) is 21.2. The Bertz CT molecular complexity index is 1550. The van der Waals surface area contributed by atoms with E-state index in [1.54, 1.807) is 7.11 Å². The lowest BCUT2D eigenvalue weighted by atomic mass is 9.41. The van der Waals surface area contributed by atoms with Crippen LogP contribution in [0.2, 0.25) is 0 Å². The first kappa shape index (κ1) is 41.5. The molecule has 0 saturated heterocycles. The zero-order valence-electron chi connectivity index (χ0n) is 36.8. The second kappa shape index (κ2) is 14.0. The number of esters is 2. The van der Waals surface area contributed by atoms with Crippen molar-refractivity contribution in [2.45, 2.75) is 201 Å². The Labute approximate surface area is 335 Å². The van der Waals surface area contributed by atoms with E-state index in [1.165, 1.54) is 49.7 Å². The smallest absolute Gasteiger partial charge is 0.312 e. The molecule has 4 unspecified atom stereocenters. The molecule has 0 radical (unpaired) electrons. The molecule has 0 heterocycles. The molecule has 8 saturated carbocycles. The van der Waals surface area contributed by atoms with E-state index in [2.05, 4.69) is 68.5 Å². The highest BCUT2D eigenvalue weighted by Gasteiger charge is 2.70. The van der Waals surface area contributed by atoms with Crippen molar-refractivity contribution in [3.05, 3.63) is 24.3 Å². The molecule has 8 rings (SSSR count). The Balaban J connectivity index is 0.000000169. The zero-order valence-corrected chi connectivity index (χ0v) is 36.8. The van der Waals surface area contributed by atoms with Gasteiger partial charge in [-0.05, 0) is 208 Å². The molecule has 0 aromatic heterocycles. The minimum atomic E-state index is -0.318. The molecule has 12 atom stereocenters. The first-order valence-corrected chi connectivity index (χ1v) is 22.7. The Hall–Kier alpha value is -1.66. The van der Waals surface area contributed by atoms with Gasteiger partial charge in [-0.1, -0.05) is 39.8 Å². The van der Waals surface area contributed by atoms with Gasteiger partial charge in [0.15, 0.2) is 0 Å². The molecular formula is C49H78O6. The number of ether oxygens (including phenoxy) is 4. The molecule has 0 amide bonds. The largest absolute Gasteiger partial charge is 0.469 e. The van der Waals surface area contributed by atoms with E-state index in [1.807, 2.05) is 6.92 Å². The number of rotatable bonds is 7. The van der Waals surface area contributed by atoms with Crippen LogP contribution in [-0.2, 0) is 28.5 Å². The molecule has 0 aromatic rings. The van der Waals surface area contributed by atoms with Gasteiger partial charge in [0.25, 0.3) is 0 Å². The molecule has 0 aromatic carbocycles. The molecule has 8 aliphatic rings. The number of carbonyl (C=O) groups excluding carboxylic acids is 2. The Morgan fingerprint density at radius 3 is 1.40 bits per heavy atom. The van der Waals surface area contributed by atoms with Crippen LogP contribution < -0.4 is 0 Å². The number of carbonyl (C=O) groups is 2. The maximum Gasteiger partial charge on any atom is 0.312 e. The quantitative estimate of drug-likeness (QED) is 0.190. The van der Waals surface area contributed by atoms with Gasteiger partial charge in [-0.2, -0.15) is 0 Å². The molecule has 4 bridgehead atoms. The van der Waals surface area contributed by atoms with E-state index in [0.29, 0.717) is 41.1 Å². The number of methoxy groups -OCH3 is 1. The SMILES string of the molecule is C=C1C[C@@]23CCC4[C@@](C)(CCC[C@@]4(C)C(=O)OC)C2CC[C@]1(OC(C)C)C3.C=C1C[C@@]23CCC4[C@@](C)(CCC[C@@]4(C)C(=O)OCC)C2CC[C@]1(OC(C)C)C3. The molecule has 6 nitrogen and oxygen atoms in total. The predicted octanol–water partition coefficient (Wildman–Crippen LogP) is 11.7.